The van der Waals surface area contributed by atoms with Crippen LogP contribution in [0.1, 0.15) is 0 Å². The summed E-state index contributed by atoms with van der Waals surface area (Å²) in [5.41, 5.74) is 0.157. The van der Waals surface area contributed by atoms with E-state index in [1.165, 1.54) is 12.3 Å². The van der Waals surface area contributed by atoms with E-state index in [1.54, 1.807) is 0 Å². The maximum absolute atomic E-state index is 12.3. The topological polar surface area (TPSA) is 33.1 Å². The Labute approximate surface area is 52.6 Å². The molecule has 0 bridgehead atoms. The summed E-state index contributed by atoms with van der Waals surface area (Å²) >= 11 is 0. The van der Waals surface area contributed by atoms with Gasteiger partial charge in [-0.25, -0.2) is 4.39 Å². The van der Waals surface area contributed by atoms with Crippen LogP contribution in [0.5, 0.6) is 0 Å². The summed E-state index contributed by atoms with van der Waals surface area (Å²) in [6.45, 7) is 0. The Morgan fingerprint density at radius 3 is 2.89 bits per heavy atom. The molecule has 45 valence electrons. The van der Waals surface area contributed by atoms with Crippen molar-refractivity contribution < 1.29 is 9.41 Å². The summed E-state index contributed by atoms with van der Waals surface area (Å²) < 4.78 is 12.3. The van der Waals surface area contributed by atoms with E-state index in [4.69, 9.17) is 5.02 Å². The van der Waals surface area contributed by atoms with Gasteiger partial charge in [0.05, 0.1) is 6.20 Å². The van der Waals surface area contributed by atoms with E-state index in [0.717, 1.165) is 6.20 Å². The van der Waals surface area contributed by atoms with Gasteiger partial charge in [-0.3, -0.25) is 4.98 Å². The molecule has 0 saturated carbocycles. The fourth-order valence-electron chi connectivity index (χ4n) is 0.491. The van der Waals surface area contributed by atoms with Gasteiger partial charge in [-0.15, -0.1) is 0 Å². The van der Waals surface area contributed by atoms with E-state index in [9.17, 15) is 4.39 Å². The second kappa shape index (κ2) is 2.59. The molecule has 1 rings (SSSR count). The number of aromatic nitrogens is 1. The minimum atomic E-state index is -0.514. The molecule has 9 heavy (non-hydrogen) atoms. The van der Waals surface area contributed by atoms with E-state index >= 15 is 0 Å². The Hall–Kier alpha value is -0.895. The molecule has 1 N–H and O–H groups in total. The highest BCUT2D eigenvalue weighted by atomic mass is 19.1. The van der Waals surface area contributed by atoms with Crippen molar-refractivity contribution in [2.45, 2.75) is 0 Å². The maximum atomic E-state index is 12.3. The zero-order valence-electron chi connectivity index (χ0n) is 4.58. The summed E-state index contributed by atoms with van der Waals surface area (Å²) in [5, 5.41) is 8.33. The Morgan fingerprint density at radius 1 is 1.67 bits per heavy atom. The molecule has 1 aromatic rings. The molecule has 0 aliphatic heterocycles. The van der Waals surface area contributed by atoms with Crippen molar-refractivity contribution in [1.82, 2.24) is 4.98 Å². The molecule has 0 fully saturated rings. The van der Waals surface area contributed by atoms with Crippen molar-refractivity contribution in [3.8, 4) is 0 Å². The summed E-state index contributed by atoms with van der Waals surface area (Å²) in [7, 11) is 0.705. The largest absolute Gasteiger partial charge is 0.450 e. The molecule has 4 heteroatoms. The monoisotopic (exact) mass is 124 g/mol. The summed E-state index contributed by atoms with van der Waals surface area (Å²) in [6.07, 6.45) is 2.45. The van der Waals surface area contributed by atoms with Gasteiger partial charge in [0.2, 0.25) is 0 Å². The summed E-state index contributed by atoms with van der Waals surface area (Å²) in [5.74, 6) is -0.514. The third-order valence-electron chi connectivity index (χ3n) is 0.943. The Balaban J connectivity index is 3.01. The highest BCUT2D eigenvalue weighted by Gasteiger charge is 1.98. The first-order chi connectivity index (χ1) is 4.34. The van der Waals surface area contributed by atoms with Crippen molar-refractivity contribution in [2.24, 2.45) is 0 Å². The lowest BCUT2D eigenvalue weighted by Crippen LogP contribution is -2.17. The van der Waals surface area contributed by atoms with Gasteiger partial charge in [0.1, 0.15) is 5.82 Å². The smallest absolute Gasteiger partial charge is 0.329 e. The predicted molar refractivity (Wildman–Crippen MR) is 31.8 cm³/mol. The van der Waals surface area contributed by atoms with E-state index in [1.807, 2.05) is 0 Å². The second-order valence-corrected chi connectivity index (χ2v) is 1.53. The molecule has 0 aliphatic rings. The van der Waals surface area contributed by atoms with Crippen LogP contribution in [0.3, 0.4) is 0 Å². The SMILES string of the molecule is O[B]c1ccncc1F. The zero-order valence-corrected chi connectivity index (χ0v) is 4.58. The number of halogens is 1. The Bertz CT molecular complexity index is 206. The number of hydrogen-bond donors (Lipinski definition) is 1. The lowest BCUT2D eigenvalue weighted by Gasteiger charge is -1.91. The van der Waals surface area contributed by atoms with Crippen LogP contribution >= 0.6 is 0 Å². The van der Waals surface area contributed by atoms with Crippen molar-refractivity contribution in [2.75, 3.05) is 0 Å². The van der Waals surface area contributed by atoms with Crippen LogP contribution in [0.15, 0.2) is 18.5 Å². The minimum Gasteiger partial charge on any atom is -0.450 e. The van der Waals surface area contributed by atoms with Gasteiger partial charge in [0.25, 0.3) is 0 Å². The van der Waals surface area contributed by atoms with Gasteiger partial charge >= 0.3 is 7.48 Å². The molecular weight excluding hydrogens is 120 g/mol. The molecule has 0 atom stereocenters. The van der Waals surface area contributed by atoms with Crippen LogP contribution in [-0.4, -0.2) is 17.5 Å². The van der Waals surface area contributed by atoms with E-state index in [-0.39, 0.29) is 5.46 Å². The minimum absolute atomic E-state index is 0.157. The molecule has 1 radical (unpaired) electrons. The first kappa shape index (κ1) is 6.23. The Kier molecular flexibility index (Phi) is 1.79. The fourth-order valence-corrected chi connectivity index (χ4v) is 0.491. The Morgan fingerprint density at radius 2 is 2.44 bits per heavy atom. The van der Waals surface area contributed by atoms with Crippen molar-refractivity contribution in [3.63, 3.8) is 0 Å². The quantitative estimate of drug-likeness (QED) is 0.510. The third kappa shape index (κ3) is 1.26. The summed E-state index contributed by atoms with van der Waals surface area (Å²) in [4.78, 5) is 3.49. The zero-order chi connectivity index (χ0) is 6.69. The number of pyridine rings is 1. The van der Waals surface area contributed by atoms with E-state index in [2.05, 4.69) is 4.98 Å². The molecule has 1 heterocycles. The molecule has 0 amide bonds. The van der Waals surface area contributed by atoms with Gasteiger partial charge in [-0.05, 0) is 11.5 Å². The van der Waals surface area contributed by atoms with Gasteiger partial charge in [0, 0.05) is 6.20 Å². The van der Waals surface area contributed by atoms with Crippen LogP contribution < -0.4 is 5.46 Å². The van der Waals surface area contributed by atoms with E-state index in [0.29, 0.717) is 7.48 Å². The molecule has 0 spiro atoms. The molecule has 1 aromatic heterocycles. The van der Waals surface area contributed by atoms with Gasteiger partial charge < -0.3 is 5.02 Å². The van der Waals surface area contributed by atoms with E-state index < -0.39 is 5.82 Å². The lowest BCUT2D eigenvalue weighted by molar-refractivity contribution is 0.600. The first-order valence-corrected chi connectivity index (χ1v) is 2.41. The summed E-state index contributed by atoms with van der Waals surface area (Å²) in [6, 6.07) is 1.38. The van der Waals surface area contributed by atoms with Crippen molar-refractivity contribution in [3.05, 3.63) is 24.3 Å². The van der Waals surface area contributed by atoms with Crippen LogP contribution in [0.25, 0.3) is 0 Å². The number of rotatable bonds is 1. The highest BCUT2D eigenvalue weighted by Crippen LogP contribution is 1.85. The van der Waals surface area contributed by atoms with Crippen molar-refractivity contribution >= 4 is 12.9 Å². The normalized spacial score (nSPS) is 9.11. The molecule has 2 nitrogen and oxygen atoms in total. The lowest BCUT2D eigenvalue weighted by atomic mass is 9.90. The fraction of sp³-hybridized carbons (Fsp3) is 0. The van der Waals surface area contributed by atoms with Crippen LogP contribution in [0, 0.1) is 5.82 Å². The third-order valence-corrected chi connectivity index (χ3v) is 0.943. The number of hydrogen-bond acceptors (Lipinski definition) is 2. The average Bonchev–Trinajstić information content (AvgIpc) is 1.89. The molecule has 0 aliphatic carbocycles. The van der Waals surface area contributed by atoms with Gasteiger partial charge in [-0.2, -0.15) is 0 Å². The second-order valence-electron chi connectivity index (χ2n) is 1.53. The highest BCUT2D eigenvalue weighted by molar-refractivity contribution is 6.45. The number of nitrogens with zero attached hydrogens (tertiary/aromatic N) is 1. The molecular formula is C5H4BFNO. The van der Waals surface area contributed by atoms with Gasteiger partial charge in [0.15, 0.2) is 0 Å². The first-order valence-electron chi connectivity index (χ1n) is 2.41. The molecule has 0 unspecified atom stereocenters. The van der Waals surface area contributed by atoms with Crippen LogP contribution in [0.4, 0.5) is 4.39 Å². The molecule has 0 aromatic carbocycles. The molecule has 0 saturated heterocycles. The van der Waals surface area contributed by atoms with Crippen LogP contribution in [0.2, 0.25) is 0 Å². The standard InChI is InChI=1S/C5H4BFNO/c7-5-3-8-2-1-4(5)6-9/h1-3,9H. The average molecular weight is 124 g/mol. The van der Waals surface area contributed by atoms with Crippen LogP contribution in [-0.2, 0) is 0 Å². The van der Waals surface area contributed by atoms with Crippen molar-refractivity contribution in [1.29, 1.82) is 0 Å². The maximum Gasteiger partial charge on any atom is 0.329 e. The van der Waals surface area contributed by atoms with Gasteiger partial charge in [-0.1, -0.05) is 0 Å². The predicted octanol–water partition coefficient (Wildman–Crippen LogP) is -0.542.